The molecule has 2 heterocycles. The first-order valence-electron chi connectivity index (χ1n) is 11.2. The van der Waals surface area contributed by atoms with Gasteiger partial charge in [0.1, 0.15) is 18.0 Å². The van der Waals surface area contributed by atoms with E-state index in [1.165, 1.54) is 12.1 Å². The van der Waals surface area contributed by atoms with Crippen LogP contribution in [0.2, 0.25) is 0 Å². The minimum atomic E-state index is -0.408. The number of hydrogen-bond donors (Lipinski definition) is 2. The second-order valence-corrected chi connectivity index (χ2v) is 9.28. The van der Waals surface area contributed by atoms with Gasteiger partial charge < -0.3 is 5.32 Å². The van der Waals surface area contributed by atoms with Crippen LogP contribution in [0.15, 0.2) is 85.2 Å². The van der Waals surface area contributed by atoms with E-state index in [1.54, 1.807) is 23.1 Å². The molecule has 0 aliphatic carbocycles. The van der Waals surface area contributed by atoms with Crippen LogP contribution in [0.4, 0.5) is 20.7 Å². The molecule has 176 valence electrons. The highest BCUT2D eigenvalue weighted by molar-refractivity contribution is 5.99. The SMILES string of the molecule is CC(C)(C)c1cc(NC(=O)Nc2ccc(-n3cnc4ccccc43)cc2)n(-c2ccc(F)cc2)n1. The van der Waals surface area contributed by atoms with Crippen molar-refractivity contribution in [2.75, 3.05) is 10.6 Å². The van der Waals surface area contributed by atoms with E-state index in [0.717, 1.165) is 22.4 Å². The number of benzene rings is 3. The predicted octanol–water partition coefficient (Wildman–Crippen LogP) is 6.29. The first-order chi connectivity index (χ1) is 16.8. The molecule has 2 aromatic heterocycles. The van der Waals surface area contributed by atoms with Crippen LogP contribution in [-0.2, 0) is 5.41 Å². The zero-order chi connectivity index (χ0) is 24.6. The van der Waals surface area contributed by atoms with Crippen molar-refractivity contribution in [2.45, 2.75) is 26.2 Å². The second-order valence-electron chi connectivity index (χ2n) is 9.28. The summed E-state index contributed by atoms with van der Waals surface area (Å²) in [5, 5.41) is 10.4. The largest absolute Gasteiger partial charge is 0.324 e. The number of fused-ring (bicyclic) bond motifs is 1. The standard InChI is InChI=1S/C27H25FN6O/c1-27(2,3)24-16-25(34(32-24)21-12-8-18(28)9-13-21)31-26(35)30-19-10-14-20(15-11-19)33-17-29-22-6-4-5-7-23(22)33/h4-17H,1-3H3,(H2,30,31,35). The van der Waals surface area contributed by atoms with Crippen molar-refractivity contribution in [3.05, 3.63) is 96.7 Å². The molecule has 5 rings (SSSR count). The Labute approximate surface area is 202 Å². The van der Waals surface area contributed by atoms with Crippen LogP contribution in [0.1, 0.15) is 26.5 Å². The highest BCUT2D eigenvalue weighted by Gasteiger charge is 2.21. The molecule has 2 N–H and O–H groups in total. The zero-order valence-corrected chi connectivity index (χ0v) is 19.7. The van der Waals surface area contributed by atoms with Gasteiger partial charge in [-0.25, -0.2) is 18.9 Å². The Morgan fingerprint density at radius 2 is 1.57 bits per heavy atom. The molecule has 7 nitrogen and oxygen atoms in total. The fourth-order valence-corrected chi connectivity index (χ4v) is 3.76. The van der Waals surface area contributed by atoms with Crippen molar-refractivity contribution in [3.63, 3.8) is 0 Å². The number of imidazole rings is 1. The molecule has 0 radical (unpaired) electrons. The minimum Gasteiger partial charge on any atom is -0.308 e. The normalized spacial score (nSPS) is 11.5. The summed E-state index contributed by atoms with van der Waals surface area (Å²) in [4.78, 5) is 17.3. The van der Waals surface area contributed by atoms with Crippen LogP contribution in [-0.4, -0.2) is 25.4 Å². The van der Waals surface area contributed by atoms with Gasteiger partial charge in [-0.2, -0.15) is 5.10 Å². The van der Waals surface area contributed by atoms with Gasteiger partial charge in [0.05, 0.1) is 22.4 Å². The van der Waals surface area contributed by atoms with Crippen molar-refractivity contribution >= 4 is 28.6 Å². The molecule has 0 saturated heterocycles. The van der Waals surface area contributed by atoms with Crippen molar-refractivity contribution in [3.8, 4) is 11.4 Å². The predicted molar refractivity (Wildman–Crippen MR) is 136 cm³/mol. The van der Waals surface area contributed by atoms with Gasteiger partial charge in [0.2, 0.25) is 0 Å². The van der Waals surface area contributed by atoms with Gasteiger partial charge in [0, 0.05) is 22.9 Å². The third kappa shape index (κ3) is 4.63. The topological polar surface area (TPSA) is 76.8 Å². The Morgan fingerprint density at radius 1 is 0.886 bits per heavy atom. The molecule has 8 heteroatoms. The molecule has 0 unspecified atom stereocenters. The molecule has 0 saturated carbocycles. The number of nitrogens with one attached hydrogen (secondary N) is 2. The smallest absolute Gasteiger partial charge is 0.308 e. The molecule has 35 heavy (non-hydrogen) atoms. The van der Waals surface area contributed by atoms with E-state index >= 15 is 0 Å². The lowest BCUT2D eigenvalue weighted by Gasteiger charge is -2.14. The lowest BCUT2D eigenvalue weighted by Crippen LogP contribution is -2.21. The maximum Gasteiger partial charge on any atom is 0.324 e. The molecular weight excluding hydrogens is 443 g/mol. The quantitative estimate of drug-likeness (QED) is 0.325. The van der Waals surface area contributed by atoms with Crippen LogP contribution in [0, 0.1) is 5.82 Å². The van der Waals surface area contributed by atoms with E-state index < -0.39 is 6.03 Å². The summed E-state index contributed by atoms with van der Waals surface area (Å²) in [6, 6.07) is 22.8. The summed E-state index contributed by atoms with van der Waals surface area (Å²) in [6.07, 6.45) is 1.78. The Kier molecular flexibility index (Phi) is 5.56. The molecule has 5 aromatic rings. The van der Waals surface area contributed by atoms with E-state index in [1.807, 2.05) is 79.9 Å². The molecule has 2 amide bonds. The third-order valence-corrected chi connectivity index (χ3v) is 5.65. The van der Waals surface area contributed by atoms with Crippen molar-refractivity contribution < 1.29 is 9.18 Å². The van der Waals surface area contributed by atoms with Gasteiger partial charge in [-0.3, -0.25) is 9.88 Å². The molecular formula is C27H25FN6O. The van der Waals surface area contributed by atoms with Gasteiger partial charge in [-0.1, -0.05) is 32.9 Å². The molecule has 0 aliphatic heterocycles. The number of nitrogens with zero attached hydrogens (tertiary/aromatic N) is 4. The van der Waals surface area contributed by atoms with Gasteiger partial charge in [0.15, 0.2) is 0 Å². The maximum atomic E-state index is 13.4. The summed E-state index contributed by atoms with van der Waals surface area (Å²) in [5.41, 5.74) is 4.72. The first-order valence-corrected chi connectivity index (χ1v) is 11.2. The Balaban J connectivity index is 1.35. The maximum absolute atomic E-state index is 13.4. The number of urea groups is 1. The number of rotatable bonds is 4. The summed E-state index contributed by atoms with van der Waals surface area (Å²) < 4.78 is 17.0. The van der Waals surface area contributed by atoms with E-state index in [-0.39, 0.29) is 11.2 Å². The Hall–Kier alpha value is -4.46. The molecule has 3 aromatic carbocycles. The zero-order valence-electron chi connectivity index (χ0n) is 19.7. The van der Waals surface area contributed by atoms with E-state index in [4.69, 9.17) is 0 Å². The number of amides is 2. The minimum absolute atomic E-state index is 0.231. The molecule has 0 atom stereocenters. The van der Waals surface area contributed by atoms with Crippen molar-refractivity contribution in [2.24, 2.45) is 0 Å². The summed E-state index contributed by atoms with van der Waals surface area (Å²) in [5.74, 6) is 0.150. The fourth-order valence-electron chi connectivity index (χ4n) is 3.76. The van der Waals surface area contributed by atoms with Gasteiger partial charge in [-0.05, 0) is 60.7 Å². The second kappa shape index (κ2) is 8.72. The van der Waals surface area contributed by atoms with Crippen LogP contribution >= 0.6 is 0 Å². The van der Waals surface area contributed by atoms with E-state index in [2.05, 4.69) is 20.7 Å². The highest BCUT2D eigenvalue weighted by atomic mass is 19.1. The van der Waals surface area contributed by atoms with Crippen LogP contribution in [0.25, 0.3) is 22.4 Å². The van der Waals surface area contributed by atoms with Crippen molar-refractivity contribution in [1.29, 1.82) is 0 Å². The number of aromatic nitrogens is 4. The Bertz CT molecular complexity index is 1490. The van der Waals surface area contributed by atoms with E-state index in [9.17, 15) is 9.18 Å². The summed E-state index contributed by atoms with van der Waals surface area (Å²) in [7, 11) is 0. The van der Waals surface area contributed by atoms with Crippen molar-refractivity contribution in [1.82, 2.24) is 19.3 Å². The van der Waals surface area contributed by atoms with E-state index in [0.29, 0.717) is 17.2 Å². The first kappa shape index (κ1) is 22.3. The lowest BCUT2D eigenvalue weighted by atomic mass is 9.92. The van der Waals surface area contributed by atoms with Crippen LogP contribution in [0.5, 0.6) is 0 Å². The lowest BCUT2D eigenvalue weighted by molar-refractivity contribution is 0.262. The number of carbonyl (C=O) groups is 1. The van der Waals surface area contributed by atoms with Crippen LogP contribution < -0.4 is 10.6 Å². The molecule has 0 aliphatic rings. The number of hydrogen-bond acceptors (Lipinski definition) is 3. The summed E-state index contributed by atoms with van der Waals surface area (Å²) >= 11 is 0. The van der Waals surface area contributed by atoms with Gasteiger partial charge in [0.25, 0.3) is 0 Å². The number of anilines is 2. The highest BCUT2D eigenvalue weighted by Crippen LogP contribution is 2.27. The average molecular weight is 469 g/mol. The van der Waals surface area contributed by atoms with Gasteiger partial charge >= 0.3 is 6.03 Å². The molecule has 0 bridgehead atoms. The van der Waals surface area contributed by atoms with Crippen LogP contribution in [0.3, 0.4) is 0 Å². The Morgan fingerprint density at radius 3 is 2.29 bits per heavy atom. The number of halogens is 1. The number of carbonyl (C=O) groups excluding carboxylic acids is 1. The van der Waals surface area contributed by atoms with Gasteiger partial charge in [-0.15, -0.1) is 0 Å². The monoisotopic (exact) mass is 468 g/mol. The molecule has 0 spiro atoms. The fraction of sp³-hybridized carbons (Fsp3) is 0.148. The average Bonchev–Trinajstić information content (AvgIpc) is 3.45. The summed E-state index contributed by atoms with van der Waals surface area (Å²) in [6.45, 7) is 6.12. The third-order valence-electron chi connectivity index (χ3n) is 5.65. The number of para-hydroxylation sites is 2. The molecule has 0 fully saturated rings.